The van der Waals surface area contributed by atoms with Crippen LogP contribution in [0, 0.1) is 10.1 Å². The molecule has 74 valence electrons. The molecule has 0 bridgehead atoms. The second kappa shape index (κ2) is 3.64. The van der Waals surface area contributed by atoms with Crippen LogP contribution in [0.1, 0.15) is 11.6 Å². The number of nitrogens with zero attached hydrogens (tertiary/aromatic N) is 3. The molecule has 0 aromatic carbocycles. The molecule has 1 unspecified atom stereocenters. The molecule has 0 spiro atoms. The van der Waals surface area contributed by atoms with E-state index < -0.39 is 11.0 Å². The Morgan fingerprint density at radius 2 is 1.93 bits per heavy atom. The van der Waals surface area contributed by atoms with Gasteiger partial charge < -0.3 is 11.5 Å². The van der Waals surface area contributed by atoms with E-state index in [0.717, 1.165) is 6.33 Å². The minimum atomic E-state index is -1.61. The normalized spacial score (nSPS) is 12.0. The van der Waals surface area contributed by atoms with Gasteiger partial charge in [0.15, 0.2) is 6.29 Å². The highest BCUT2D eigenvalue weighted by Gasteiger charge is 2.28. The maximum absolute atomic E-state index is 10.4. The van der Waals surface area contributed by atoms with Gasteiger partial charge in [-0.05, 0) is 0 Å². The third-order valence-corrected chi connectivity index (χ3v) is 1.60. The van der Waals surface area contributed by atoms with E-state index in [2.05, 4.69) is 9.97 Å². The molecular weight excluding hydrogens is 190 g/mol. The van der Waals surface area contributed by atoms with Crippen LogP contribution in [0.15, 0.2) is 6.33 Å². The first-order valence-electron chi connectivity index (χ1n) is 3.52. The number of nitrogen functional groups attached to an aromatic ring is 2. The van der Waals surface area contributed by atoms with Crippen LogP contribution < -0.4 is 11.5 Å². The molecule has 0 saturated carbocycles. The summed E-state index contributed by atoms with van der Waals surface area (Å²) < 4.78 is 0. The van der Waals surface area contributed by atoms with E-state index in [1.54, 1.807) is 0 Å². The molecule has 1 heterocycles. The van der Waals surface area contributed by atoms with Gasteiger partial charge in [0, 0.05) is 4.92 Å². The zero-order valence-corrected chi connectivity index (χ0v) is 6.95. The predicted octanol–water partition coefficient (Wildman–Crippen LogP) is -0.842. The van der Waals surface area contributed by atoms with Crippen molar-refractivity contribution in [1.82, 2.24) is 9.97 Å². The lowest BCUT2D eigenvalue weighted by atomic mass is 10.1. The molecule has 8 heteroatoms. The monoisotopic (exact) mass is 197 g/mol. The largest absolute Gasteiger partial charge is 0.383 e. The van der Waals surface area contributed by atoms with E-state index in [-0.39, 0.29) is 23.5 Å². The second-order valence-corrected chi connectivity index (χ2v) is 2.42. The minimum Gasteiger partial charge on any atom is -0.383 e. The van der Waals surface area contributed by atoms with Gasteiger partial charge in [-0.1, -0.05) is 0 Å². The van der Waals surface area contributed by atoms with E-state index in [0.29, 0.717) is 0 Å². The van der Waals surface area contributed by atoms with Crippen LogP contribution in [0.2, 0.25) is 0 Å². The number of carbonyl (C=O) groups excluding carboxylic acids is 1. The summed E-state index contributed by atoms with van der Waals surface area (Å²) in [6.45, 7) is 0. The van der Waals surface area contributed by atoms with Gasteiger partial charge in [-0.3, -0.25) is 14.9 Å². The Balaban J connectivity index is 3.28. The van der Waals surface area contributed by atoms with Gasteiger partial charge in [-0.25, -0.2) is 9.97 Å². The smallest absolute Gasteiger partial charge is 0.299 e. The second-order valence-electron chi connectivity index (χ2n) is 2.42. The molecule has 1 atom stereocenters. The highest BCUT2D eigenvalue weighted by atomic mass is 16.6. The van der Waals surface area contributed by atoms with Crippen molar-refractivity contribution in [2.24, 2.45) is 0 Å². The standard InChI is InChI=1S/C6H7N5O3/c7-5-4(3(1-12)11(13)14)6(8)10-2-9-5/h1-3H,(H4,7,8,9,10). The Morgan fingerprint density at radius 3 is 2.29 bits per heavy atom. The molecular formula is C6H7N5O3. The Labute approximate surface area is 78.1 Å². The minimum absolute atomic E-state index is 0.130. The molecule has 1 aromatic heterocycles. The van der Waals surface area contributed by atoms with Crippen molar-refractivity contribution in [3.05, 3.63) is 22.0 Å². The molecule has 0 aliphatic heterocycles. The van der Waals surface area contributed by atoms with E-state index >= 15 is 0 Å². The molecule has 8 nitrogen and oxygen atoms in total. The molecule has 0 saturated heterocycles. The first-order chi connectivity index (χ1) is 6.57. The number of nitro groups is 1. The van der Waals surface area contributed by atoms with Gasteiger partial charge in [0.05, 0.1) is 0 Å². The van der Waals surface area contributed by atoms with Crippen molar-refractivity contribution in [1.29, 1.82) is 0 Å². The van der Waals surface area contributed by atoms with E-state index in [4.69, 9.17) is 11.5 Å². The lowest BCUT2D eigenvalue weighted by molar-refractivity contribution is -0.510. The third-order valence-electron chi connectivity index (χ3n) is 1.60. The first kappa shape index (κ1) is 9.84. The van der Waals surface area contributed by atoms with E-state index in [9.17, 15) is 14.9 Å². The predicted molar refractivity (Wildman–Crippen MR) is 46.7 cm³/mol. The molecule has 4 N–H and O–H groups in total. The van der Waals surface area contributed by atoms with Gasteiger partial charge in [0.1, 0.15) is 23.5 Å². The van der Waals surface area contributed by atoms with Gasteiger partial charge in [0.2, 0.25) is 0 Å². The van der Waals surface area contributed by atoms with Crippen LogP contribution in [-0.2, 0) is 4.79 Å². The van der Waals surface area contributed by atoms with Crippen molar-refractivity contribution in [3.63, 3.8) is 0 Å². The van der Waals surface area contributed by atoms with Crippen molar-refractivity contribution in [2.45, 2.75) is 6.04 Å². The fraction of sp³-hybridized carbons (Fsp3) is 0.167. The number of aromatic nitrogens is 2. The fourth-order valence-corrected chi connectivity index (χ4v) is 0.950. The molecule has 1 rings (SSSR count). The highest BCUT2D eigenvalue weighted by Crippen LogP contribution is 2.23. The lowest BCUT2D eigenvalue weighted by Crippen LogP contribution is -2.17. The Morgan fingerprint density at radius 1 is 1.43 bits per heavy atom. The lowest BCUT2D eigenvalue weighted by Gasteiger charge is -2.06. The molecule has 0 amide bonds. The average molecular weight is 197 g/mol. The first-order valence-corrected chi connectivity index (χ1v) is 3.52. The number of aldehydes is 1. The summed E-state index contributed by atoms with van der Waals surface area (Å²) in [5, 5.41) is 10.4. The summed E-state index contributed by atoms with van der Waals surface area (Å²) in [7, 11) is 0. The van der Waals surface area contributed by atoms with Crippen LogP contribution in [-0.4, -0.2) is 21.2 Å². The van der Waals surface area contributed by atoms with Gasteiger partial charge >= 0.3 is 0 Å². The number of rotatable bonds is 3. The topological polar surface area (TPSA) is 138 Å². The summed E-state index contributed by atoms with van der Waals surface area (Å²) in [6, 6.07) is -1.61. The van der Waals surface area contributed by atoms with Crippen molar-refractivity contribution in [3.8, 4) is 0 Å². The molecule has 0 radical (unpaired) electrons. The van der Waals surface area contributed by atoms with Crippen LogP contribution in [0.3, 0.4) is 0 Å². The summed E-state index contributed by atoms with van der Waals surface area (Å²) in [5.41, 5.74) is 10.5. The average Bonchev–Trinajstić information content (AvgIpc) is 2.10. The van der Waals surface area contributed by atoms with Gasteiger partial charge in [0.25, 0.3) is 6.04 Å². The number of anilines is 2. The Hall–Kier alpha value is -2.25. The van der Waals surface area contributed by atoms with Crippen LogP contribution in [0.5, 0.6) is 0 Å². The quantitative estimate of drug-likeness (QED) is 0.365. The van der Waals surface area contributed by atoms with E-state index in [1.165, 1.54) is 0 Å². The number of carbonyl (C=O) groups is 1. The number of nitrogens with two attached hydrogens (primary N) is 2. The number of hydrogen-bond acceptors (Lipinski definition) is 7. The molecule has 0 aliphatic carbocycles. The summed E-state index contributed by atoms with van der Waals surface area (Å²) in [6.07, 6.45) is 1.20. The maximum atomic E-state index is 10.4. The zero-order valence-electron chi connectivity index (χ0n) is 6.95. The fourth-order valence-electron chi connectivity index (χ4n) is 0.950. The highest BCUT2D eigenvalue weighted by molar-refractivity contribution is 5.68. The van der Waals surface area contributed by atoms with Crippen molar-refractivity contribution >= 4 is 17.9 Å². The van der Waals surface area contributed by atoms with Crippen molar-refractivity contribution in [2.75, 3.05) is 11.5 Å². The van der Waals surface area contributed by atoms with Crippen LogP contribution in [0.4, 0.5) is 11.6 Å². The zero-order chi connectivity index (χ0) is 10.7. The van der Waals surface area contributed by atoms with Gasteiger partial charge in [-0.2, -0.15) is 0 Å². The molecule has 0 aliphatic rings. The van der Waals surface area contributed by atoms with Crippen molar-refractivity contribution < 1.29 is 9.72 Å². The maximum Gasteiger partial charge on any atom is 0.299 e. The van der Waals surface area contributed by atoms with Gasteiger partial charge in [-0.15, -0.1) is 0 Å². The molecule has 1 aromatic rings. The molecule has 14 heavy (non-hydrogen) atoms. The third kappa shape index (κ3) is 1.58. The Kier molecular flexibility index (Phi) is 2.56. The number of hydrogen-bond donors (Lipinski definition) is 2. The summed E-state index contributed by atoms with van der Waals surface area (Å²) in [4.78, 5) is 27.1. The van der Waals surface area contributed by atoms with Crippen LogP contribution in [0.25, 0.3) is 0 Å². The summed E-state index contributed by atoms with van der Waals surface area (Å²) in [5.74, 6) is -0.322. The van der Waals surface area contributed by atoms with Crippen LogP contribution >= 0.6 is 0 Å². The summed E-state index contributed by atoms with van der Waals surface area (Å²) >= 11 is 0. The molecule has 0 fully saturated rings. The Bertz CT molecular complexity index is 359. The van der Waals surface area contributed by atoms with E-state index in [1.807, 2.05) is 0 Å². The SMILES string of the molecule is Nc1ncnc(N)c1C(C=O)[N+](=O)[O-].